The molecule has 1 amide bonds. The van der Waals surface area contributed by atoms with Gasteiger partial charge in [-0.2, -0.15) is 0 Å². The number of nitrogens with two attached hydrogens (primary N) is 1. The van der Waals surface area contributed by atoms with Gasteiger partial charge in [0.15, 0.2) is 0 Å². The molecule has 0 aliphatic rings. The zero-order valence-corrected chi connectivity index (χ0v) is 10.5. The van der Waals surface area contributed by atoms with Crippen molar-refractivity contribution in [3.63, 3.8) is 0 Å². The zero-order chi connectivity index (χ0) is 12.1. The minimum Gasteiger partial charge on any atom is -0.362 e. The van der Waals surface area contributed by atoms with E-state index >= 15 is 0 Å². The molecule has 4 nitrogen and oxygen atoms in total. The van der Waals surface area contributed by atoms with E-state index in [1.807, 2.05) is 13.8 Å². The first-order valence-electron chi connectivity index (χ1n) is 5.44. The normalized spacial score (nSPS) is 14.1. The van der Waals surface area contributed by atoms with Crippen LogP contribution >= 0.6 is 0 Å². The van der Waals surface area contributed by atoms with Gasteiger partial charge in [-0.3, -0.25) is 4.79 Å². The molecule has 1 unspecified atom stereocenters. The molecule has 4 heteroatoms. The van der Waals surface area contributed by atoms with Crippen molar-refractivity contribution in [1.82, 2.24) is 5.32 Å². The van der Waals surface area contributed by atoms with E-state index in [-0.39, 0.29) is 5.91 Å². The molecular weight excluding hydrogens is 192 g/mol. The van der Waals surface area contributed by atoms with Gasteiger partial charge in [0, 0.05) is 13.1 Å². The molecule has 0 aromatic heterocycles. The van der Waals surface area contributed by atoms with E-state index in [4.69, 9.17) is 10.5 Å². The lowest BCUT2D eigenvalue weighted by Crippen LogP contribution is -2.44. The first-order chi connectivity index (χ1) is 6.78. The molecule has 15 heavy (non-hydrogen) atoms. The van der Waals surface area contributed by atoms with E-state index in [2.05, 4.69) is 19.2 Å². The molecule has 0 radical (unpaired) electrons. The molecule has 0 aromatic rings. The number of amides is 1. The Hall–Kier alpha value is -0.610. The van der Waals surface area contributed by atoms with E-state index in [1.54, 1.807) is 6.92 Å². The molecule has 0 saturated heterocycles. The predicted molar refractivity (Wildman–Crippen MR) is 61.5 cm³/mol. The third kappa shape index (κ3) is 6.47. The van der Waals surface area contributed by atoms with Crippen LogP contribution in [0.1, 0.15) is 34.6 Å². The highest BCUT2D eigenvalue weighted by atomic mass is 16.5. The van der Waals surface area contributed by atoms with Crippen LogP contribution in [0.4, 0.5) is 0 Å². The number of carbonyl (C=O) groups excluding carboxylic acids is 1. The minimum absolute atomic E-state index is 0.0785. The van der Waals surface area contributed by atoms with Crippen molar-refractivity contribution in [3.05, 3.63) is 0 Å². The fourth-order valence-electron chi connectivity index (χ4n) is 1.03. The Morgan fingerprint density at radius 3 is 2.33 bits per heavy atom. The Balaban J connectivity index is 3.99. The first kappa shape index (κ1) is 14.4. The highest BCUT2D eigenvalue weighted by molar-refractivity contribution is 5.80. The van der Waals surface area contributed by atoms with Crippen LogP contribution in [0.25, 0.3) is 0 Å². The molecule has 0 bridgehead atoms. The second-order valence-corrected chi connectivity index (χ2v) is 4.86. The summed E-state index contributed by atoms with van der Waals surface area (Å²) in [5.41, 5.74) is 5.07. The maximum absolute atomic E-state index is 11.6. The second kappa shape index (κ2) is 6.08. The Morgan fingerprint density at radius 2 is 1.93 bits per heavy atom. The van der Waals surface area contributed by atoms with Gasteiger partial charge in [-0.1, -0.05) is 13.8 Å². The molecule has 1 atom stereocenters. The predicted octanol–water partition coefficient (Wildman–Crippen LogP) is 0.901. The fourth-order valence-corrected chi connectivity index (χ4v) is 1.03. The number of nitrogens with one attached hydrogen (secondary N) is 1. The van der Waals surface area contributed by atoms with E-state index in [1.165, 1.54) is 0 Å². The molecule has 0 fully saturated rings. The quantitative estimate of drug-likeness (QED) is 0.693. The molecule has 0 spiro atoms. The molecule has 0 aliphatic heterocycles. The van der Waals surface area contributed by atoms with Crippen molar-refractivity contribution in [1.29, 1.82) is 0 Å². The molecule has 0 saturated carbocycles. The summed E-state index contributed by atoms with van der Waals surface area (Å²) in [6.45, 7) is 10.7. The van der Waals surface area contributed by atoms with Gasteiger partial charge >= 0.3 is 0 Å². The van der Waals surface area contributed by atoms with Crippen LogP contribution in [0.5, 0.6) is 0 Å². The van der Waals surface area contributed by atoms with Crippen molar-refractivity contribution in [2.45, 2.75) is 46.3 Å². The van der Waals surface area contributed by atoms with Gasteiger partial charge in [-0.25, -0.2) is 0 Å². The van der Waals surface area contributed by atoms with Crippen molar-refractivity contribution >= 4 is 5.91 Å². The van der Waals surface area contributed by atoms with Crippen LogP contribution in [0.3, 0.4) is 0 Å². The molecular formula is C11H24N2O2. The summed E-state index contributed by atoms with van der Waals surface area (Å²) in [5.74, 6) is 0.369. The highest BCUT2D eigenvalue weighted by Gasteiger charge is 2.23. The second-order valence-electron chi connectivity index (χ2n) is 4.86. The third-order valence-electron chi connectivity index (χ3n) is 2.04. The van der Waals surface area contributed by atoms with Gasteiger partial charge in [-0.05, 0) is 26.7 Å². The zero-order valence-electron chi connectivity index (χ0n) is 10.5. The Labute approximate surface area is 92.6 Å². The smallest absolute Gasteiger partial charge is 0.248 e. The number of hydrogen-bond acceptors (Lipinski definition) is 3. The van der Waals surface area contributed by atoms with Crippen LogP contribution in [-0.4, -0.2) is 30.7 Å². The standard InChI is InChI=1S/C11H24N2O2/c1-8(2)6-13-10(14)9(3)15-11(4,5)7-12/h8-9H,6-7,12H2,1-5H3,(H,13,14). The first-order valence-corrected chi connectivity index (χ1v) is 5.44. The van der Waals surface area contributed by atoms with Gasteiger partial charge in [0.1, 0.15) is 6.10 Å². The topological polar surface area (TPSA) is 64.3 Å². The third-order valence-corrected chi connectivity index (χ3v) is 2.04. The average molecular weight is 216 g/mol. The number of hydrogen-bond donors (Lipinski definition) is 2. The lowest BCUT2D eigenvalue weighted by atomic mass is 10.1. The van der Waals surface area contributed by atoms with Gasteiger partial charge in [0.2, 0.25) is 5.91 Å². The SMILES string of the molecule is CC(C)CNC(=O)C(C)OC(C)(C)CN. The van der Waals surface area contributed by atoms with Crippen LogP contribution < -0.4 is 11.1 Å². The Bertz CT molecular complexity index is 203. The van der Waals surface area contributed by atoms with Gasteiger partial charge < -0.3 is 15.8 Å². The van der Waals surface area contributed by atoms with Crippen LogP contribution in [0.15, 0.2) is 0 Å². The van der Waals surface area contributed by atoms with E-state index in [9.17, 15) is 4.79 Å². The van der Waals surface area contributed by atoms with Crippen molar-refractivity contribution in [2.24, 2.45) is 11.7 Å². The highest BCUT2D eigenvalue weighted by Crippen LogP contribution is 2.10. The van der Waals surface area contributed by atoms with E-state index in [0.29, 0.717) is 19.0 Å². The Kier molecular flexibility index (Phi) is 5.83. The summed E-state index contributed by atoms with van der Waals surface area (Å²) < 4.78 is 5.54. The summed E-state index contributed by atoms with van der Waals surface area (Å²) in [7, 11) is 0. The minimum atomic E-state index is -0.456. The van der Waals surface area contributed by atoms with Crippen molar-refractivity contribution in [2.75, 3.05) is 13.1 Å². The van der Waals surface area contributed by atoms with Crippen molar-refractivity contribution in [3.8, 4) is 0 Å². The molecule has 3 N–H and O–H groups in total. The molecule has 0 aliphatic carbocycles. The van der Waals surface area contributed by atoms with Crippen LogP contribution in [0, 0.1) is 5.92 Å². The number of ether oxygens (including phenoxy) is 1. The number of rotatable bonds is 6. The molecule has 90 valence electrons. The summed E-state index contributed by atoms with van der Waals surface area (Å²) in [6.07, 6.45) is -0.456. The van der Waals surface area contributed by atoms with Crippen LogP contribution in [-0.2, 0) is 9.53 Å². The number of carbonyl (C=O) groups is 1. The van der Waals surface area contributed by atoms with E-state index in [0.717, 1.165) is 0 Å². The van der Waals surface area contributed by atoms with Crippen molar-refractivity contribution < 1.29 is 9.53 Å². The summed E-state index contributed by atoms with van der Waals surface area (Å²) in [6, 6.07) is 0. The van der Waals surface area contributed by atoms with Gasteiger partial charge in [0.25, 0.3) is 0 Å². The lowest BCUT2D eigenvalue weighted by Gasteiger charge is -2.27. The fraction of sp³-hybridized carbons (Fsp3) is 0.909. The summed E-state index contributed by atoms with van der Waals surface area (Å²) in [5, 5.41) is 2.82. The monoisotopic (exact) mass is 216 g/mol. The molecule has 0 rings (SSSR count). The van der Waals surface area contributed by atoms with Gasteiger partial charge in [-0.15, -0.1) is 0 Å². The molecule has 0 aromatic carbocycles. The molecule has 0 heterocycles. The van der Waals surface area contributed by atoms with Gasteiger partial charge in [0.05, 0.1) is 5.60 Å². The van der Waals surface area contributed by atoms with E-state index < -0.39 is 11.7 Å². The Morgan fingerprint density at radius 1 is 1.40 bits per heavy atom. The maximum atomic E-state index is 11.6. The largest absolute Gasteiger partial charge is 0.362 e. The summed E-state index contributed by atoms with van der Waals surface area (Å²) >= 11 is 0. The maximum Gasteiger partial charge on any atom is 0.248 e. The lowest BCUT2D eigenvalue weighted by molar-refractivity contribution is -0.141. The van der Waals surface area contributed by atoms with Crippen LogP contribution in [0.2, 0.25) is 0 Å². The summed E-state index contributed by atoms with van der Waals surface area (Å²) in [4.78, 5) is 11.6. The average Bonchev–Trinajstić information content (AvgIpc) is 2.13.